The smallest absolute Gasteiger partial charge is 0.217 e. The molecule has 0 bridgehead atoms. The summed E-state index contributed by atoms with van der Waals surface area (Å²) in [7, 11) is 0. The van der Waals surface area contributed by atoms with Crippen LogP contribution < -0.4 is 16.0 Å². The van der Waals surface area contributed by atoms with Gasteiger partial charge >= 0.3 is 0 Å². The van der Waals surface area contributed by atoms with Crippen LogP contribution in [0.25, 0.3) is 5.57 Å². The Labute approximate surface area is 216 Å². The topological polar surface area (TPSA) is 100 Å². The predicted molar refractivity (Wildman–Crippen MR) is 142 cm³/mol. The number of fused-ring (bicyclic) bond motifs is 1. The average Bonchev–Trinajstić information content (AvgIpc) is 3.24. The van der Waals surface area contributed by atoms with Crippen molar-refractivity contribution in [3.8, 4) is 0 Å². The lowest BCUT2D eigenvalue weighted by molar-refractivity contribution is -0.120. The molecular weight excluding hydrogens is 476 g/mol. The summed E-state index contributed by atoms with van der Waals surface area (Å²) in [5.41, 5.74) is 3.51. The van der Waals surface area contributed by atoms with Crippen molar-refractivity contribution >= 4 is 35.1 Å². The van der Waals surface area contributed by atoms with Crippen molar-refractivity contribution in [2.24, 2.45) is 15.9 Å². The van der Waals surface area contributed by atoms with Crippen molar-refractivity contribution in [2.45, 2.75) is 63.0 Å². The first-order chi connectivity index (χ1) is 17.3. The summed E-state index contributed by atoms with van der Waals surface area (Å²) in [6.45, 7) is 5.38. The lowest BCUT2D eigenvalue weighted by Gasteiger charge is -2.29. The van der Waals surface area contributed by atoms with E-state index in [1.807, 2.05) is 50.5 Å². The molecule has 4 aliphatic rings. The molecule has 8 nitrogen and oxygen atoms in total. The van der Waals surface area contributed by atoms with Gasteiger partial charge < -0.3 is 20.7 Å². The number of carbonyl (C=O) groups is 1. The third-order valence-corrected chi connectivity index (χ3v) is 7.07. The van der Waals surface area contributed by atoms with Crippen molar-refractivity contribution in [3.63, 3.8) is 0 Å². The van der Waals surface area contributed by atoms with Gasteiger partial charge in [0.2, 0.25) is 12.3 Å². The third-order valence-electron chi connectivity index (χ3n) is 6.69. The van der Waals surface area contributed by atoms with Crippen LogP contribution in [-0.4, -0.2) is 52.4 Å². The molecule has 5 unspecified atom stereocenters. The van der Waals surface area contributed by atoms with E-state index in [4.69, 9.17) is 21.3 Å². The van der Waals surface area contributed by atoms with Crippen molar-refractivity contribution < 1.29 is 9.53 Å². The number of amides is 1. The number of nitrogens with zero attached hydrogens (tertiary/aromatic N) is 3. The van der Waals surface area contributed by atoms with E-state index in [0.29, 0.717) is 6.42 Å². The number of hydrogen-bond donors (Lipinski definition) is 3. The minimum Gasteiger partial charge on any atom is -0.346 e. The Bertz CT molecular complexity index is 1200. The van der Waals surface area contributed by atoms with Crippen molar-refractivity contribution in [1.29, 1.82) is 0 Å². The van der Waals surface area contributed by atoms with E-state index in [2.05, 4.69) is 44.2 Å². The number of dihydropyridines is 1. The Balaban J connectivity index is 1.18. The van der Waals surface area contributed by atoms with Gasteiger partial charge in [-0.15, -0.1) is 11.6 Å². The van der Waals surface area contributed by atoms with E-state index in [1.165, 1.54) is 12.5 Å². The maximum atomic E-state index is 11.5. The van der Waals surface area contributed by atoms with Crippen LogP contribution in [0.4, 0.5) is 0 Å². The number of ether oxygens (including phenoxy) is 1. The molecule has 36 heavy (non-hydrogen) atoms. The van der Waals surface area contributed by atoms with Gasteiger partial charge in [0.1, 0.15) is 11.9 Å². The maximum absolute atomic E-state index is 11.5. The molecule has 9 heteroatoms. The first-order valence-corrected chi connectivity index (χ1v) is 12.7. The highest BCUT2D eigenvalue weighted by molar-refractivity contribution is 6.23. The quantitative estimate of drug-likeness (QED) is 0.513. The van der Waals surface area contributed by atoms with Crippen LogP contribution >= 0.6 is 11.6 Å². The van der Waals surface area contributed by atoms with Crippen LogP contribution in [0.3, 0.4) is 0 Å². The Hall–Kier alpha value is -3.23. The van der Waals surface area contributed by atoms with E-state index in [0.717, 1.165) is 29.2 Å². The molecule has 0 radical (unpaired) electrons. The van der Waals surface area contributed by atoms with Gasteiger partial charge in [-0.3, -0.25) is 19.8 Å². The molecule has 5 rings (SSSR count). The summed E-state index contributed by atoms with van der Waals surface area (Å²) < 4.78 is 6.17. The van der Waals surface area contributed by atoms with E-state index >= 15 is 0 Å². The average molecular weight is 507 g/mol. The minimum atomic E-state index is -0.530. The monoisotopic (exact) mass is 506 g/mol. The third kappa shape index (κ3) is 5.29. The fourth-order valence-electron chi connectivity index (χ4n) is 4.90. The zero-order valence-electron chi connectivity index (χ0n) is 20.6. The van der Waals surface area contributed by atoms with Crippen LogP contribution in [-0.2, 0) is 9.53 Å². The second kappa shape index (κ2) is 10.0. The Morgan fingerprint density at radius 3 is 2.67 bits per heavy atom. The van der Waals surface area contributed by atoms with Crippen LogP contribution in [0.15, 0.2) is 76.3 Å². The van der Waals surface area contributed by atoms with E-state index in [9.17, 15) is 4.79 Å². The van der Waals surface area contributed by atoms with E-state index in [-0.39, 0.29) is 29.3 Å². The number of carbonyl (C=O) groups excluding carboxylic acids is 1. The standard InChI is InChI=1S/C27H31ClN6O2/c1-16(35)34-27(2,3)23-9-8-20(15-30-23)36-26-31-22-14-21(28)24(32-25(22)33-26)19-6-4-17(5-7-19)18-10-12-29-13-11-18/h4-6,9-15,19-21,24,26,31H,7-8H2,1-3H3,(H,32,33)(H,34,35). The molecule has 3 N–H and O–H groups in total. The molecule has 1 aliphatic carbocycles. The first-order valence-electron chi connectivity index (χ1n) is 12.2. The van der Waals surface area contributed by atoms with E-state index in [1.54, 1.807) is 6.21 Å². The van der Waals surface area contributed by atoms with E-state index < -0.39 is 11.9 Å². The number of pyridine rings is 1. The van der Waals surface area contributed by atoms with Gasteiger partial charge in [0.15, 0.2) is 0 Å². The van der Waals surface area contributed by atoms with Crippen molar-refractivity contribution in [3.05, 3.63) is 71.9 Å². The molecule has 188 valence electrons. The SMILES string of the molecule is CC(=O)NC(C)(C)C1=CCC(OC2NC3=CC(Cl)C(C4C=CC(c5ccncc5)=CC4)N=C3N2)C=N1. The summed E-state index contributed by atoms with van der Waals surface area (Å²) in [5, 5.41) is 9.36. The minimum absolute atomic E-state index is 0.0669. The molecule has 1 fully saturated rings. The highest BCUT2D eigenvalue weighted by atomic mass is 35.5. The van der Waals surface area contributed by atoms with Crippen LogP contribution in [0.5, 0.6) is 0 Å². The van der Waals surface area contributed by atoms with Gasteiger partial charge in [-0.2, -0.15) is 0 Å². The largest absolute Gasteiger partial charge is 0.346 e. The van der Waals surface area contributed by atoms with Crippen LogP contribution in [0.2, 0.25) is 0 Å². The number of aliphatic imine (C=N–C) groups is 2. The number of amidine groups is 1. The Kier molecular flexibility index (Phi) is 6.81. The molecule has 1 saturated heterocycles. The molecular formula is C27H31ClN6O2. The summed E-state index contributed by atoms with van der Waals surface area (Å²) in [4.78, 5) is 25.1. The van der Waals surface area contributed by atoms with Gasteiger partial charge in [-0.25, -0.2) is 0 Å². The number of allylic oxidation sites excluding steroid dienone is 3. The molecule has 1 amide bonds. The summed E-state index contributed by atoms with van der Waals surface area (Å²) in [6, 6.07) is 3.97. The predicted octanol–water partition coefficient (Wildman–Crippen LogP) is 3.45. The lowest BCUT2D eigenvalue weighted by atomic mass is 9.86. The van der Waals surface area contributed by atoms with Gasteiger partial charge in [0.05, 0.1) is 28.4 Å². The number of aromatic nitrogens is 1. The Morgan fingerprint density at radius 1 is 1.19 bits per heavy atom. The highest BCUT2D eigenvalue weighted by Crippen LogP contribution is 2.32. The van der Waals surface area contributed by atoms with Gasteiger partial charge in [0, 0.05) is 31.4 Å². The molecule has 3 aliphatic heterocycles. The molecule has 1 aromatic heterocycles. The number of hydrogen-bond acceptors (Lipinski definition) is 7. The maximum Gasteiger partial charge on any atom is 0.217 e. The first kappa shape index (κ1) is 24.5. The van der Waals surface area contributed by atoms with Crippen molar-refractivity contribution in [2.75, 3.05) is 0 Å². The molecule has 0 saturated carbocycles. The number of nitrogens with one attached hydrogen (secondary N) is 3. The second-order valence-electron chi connectivity index (χ2n) is 9.90. The summed E-state index contributed by atoms with van der Waals surface area (Å²) >= 11 is 6.76. The lowest BCUT2D eigenvalue weighted by Crippen LogP contribution is -2.44. The number of halogens is 1. The molecule has 1 aromatic rings. The van der Waals surface area contributed by atoms with Crippen molar-refractivity contribution in [1.82, 2.24) is 20.9 Å². The molecule has 0 aromatic carbocycles. The fourth-order valence-corrected chi connectivity index (χ4v) is 5.27. The zero-order chi connectivity index (χ0) is 25.3. The van der Waals surface area contributed by atoms with Gasteiger partial charge in [0.25, 0.3) is 0 Å². The summed E-state index contributed by atoms with van der Waals surface area (Å²) in [6.07, 6.45) is 16.9. The zero-order valence-corrected chi connectivity index (χ0v) is 21.4. The van der Waals surface area contributed by atoms with Gasteiger partial charge in [-0.1, -0.05) is 24.3 Å². The van der Waals surface area contributed by atoms with Crippen LogP contribution in [0.1, 0.15) is 39.2 Å². The normalized spacial score (nSPS) is 29.2. The number of rotatable bonds is 6. The van der Waals surface area contributed by atoms with Gasteiger partial charge in [-0.05, 0) is 56.0 Å². The molecule has 4 heterocycles. The number of alkyl halides is 1. The van der Waals surface area contributed by atoms with Crippen LogP contribution in [0, 0.1) is 5.92 Å². The molecule has 5 atom stereocenters. The molecule has 0 spiro atoms. The fraction of sp³-hybridized carbons (Fsp3) is 0.407. The Morgan fingerprint density at radius 2 is 2.00 bits per heavy atom. The summed E-state index contributed by atoms with van der Waals surface area (Å²) in [5.74, 6) is 0.899. The second-order valence-corrected chi connectivity index (χ2v) is 10.4. The highest BCUT2D eigenvalue weighted by Gasteiger charge is 2.36.